The van der Waals surface area contributed by atoms with E-state index in [1.165, 1.54) is 0 Å². The normalized spacial score (nSPS) is 19.8. The third-order valence-corrected chi connectivity index (χ3v) is 5.42. The van der Waals surface area contributed by atoms with Crippen LogP contribution in [0.25, 0.3) is 6.08 Å². The average Bonchev–Trinajstić information content (AvgIpc) is 2.86. The number of benzene rings is 1. The summed E-state index contributed by atoms with van der Waals surface area (Å²) in [6.07, 6.45) is 1.56. The molecule has 0 spiro atoms. The molecule has 2 fully saturated rings. The molecule has 0 aliphatic carbocycles. The number of nitrogens with zero attached hydrogens (tertiary/aromatic N) is 2. The SMILES string of the molecule is O=C(CN1C(=O)S/C(=C/c2ccc(Cl)c(Cl)c2)C1=O)N1CCOCC1. The van der Waals surface area contributed by atoms with Crippen molar-refractivity contribution in [2.24, 2.45) is 0 Å². The summed E-state index contributed by atoms with van der Waals surface area (Å²) >= 11 is 12.6. The van der Waals surface area contributed by atoms with E-state index >= 15 is 0 Å². The summed E-state index contributed by atoms with van der Waals surface area (Å²) in [5.41, 5.74) is 0.652. The number of carbonyl (C=O) groups is 3. The van der Waals surface area contributed by atoms with Crippen molar-refractivity contribution in [3.63, 3.8) is 0 Å². The van der Waals surface area contributed by atoms with E-state index in [1.807, 2.05) is 0 Å². The molecule has 0 bridgehead atoms. The third kappa shape index (κ3) is 4.17. The van der Waals surface area contributed by atoms with Gasteiger partial charge in [-0.1, -0.05) is 29.3 Å². The van der Waals surface area contributed by atoms with Gasteiger partial charge < -0.3 is 9.64 Å². The van der Waals surface area contributed by atoms with Gasteiger partial charge in [0.05, 0.1) is 28.2 Å². The number of hydrogen-bond donors (Lipinski definition) is 0. The Hall–Kier alpha value is -1.54. The van der Waals surface area contributed by atoms with Gasteiger partial charge in [0, 0.05) is 13.1 Å². The Morgan fingerprint density at radius 2 is 1.92 bits per heavy atom. The molecule has 0 atom stereocenters. The van der Waals surface area contributed by atoms with Gasteiger partial charge in [-0.3, -0.25) is 19.3 Å². The molecule has 2 heterocycles. The number of halogens is 2. The first-order chi connectivity index (χ1) is 12.0. The lowest BCUT2D eigenvalue weighted by atomic mass is 10.2. The summed E-state index contributed by atoms with van der Waals surface area (Å²) in [6, 6.07) is 4.92. The van der Waals surface area contributed by atoms with Crippen LogP contribution in [0.2, 0.25) is 10.0 Å². The average molecular weight is 401 g/mol. The second-order valence-electron chi connectivity index (χ2n) is 5.43. The fourth-order valence-electron chi connectivity index (χ4n) is 2.44. The van der Waals surface area contributed by atoms with E-state index in [2.05, 4.69) is 0 Å². The van der Waals surface area contributed by atoms with E-state index in [4.69, 9.17) is 27.9 Å². The van der Waals surface area contributed by atoms with Crippen molar-refractivity contribution in [3.8, 4) is 0 Å². The lowest BCUT2D eigenvalue weighted by molar-refractivity contribution is -0.139. The van der Waals surface area contributed by atoms with Crippen molar-refractivity contribution >= 4 is 58.1 Å². The van der Waals surface area contributed by atoms with Gasteiger partial charge in [0.1, 0.15) is 6.54 Å². The van der Waals surface area contributed by atoms with Gasteiger partial charge in [-0.2, -0.15) is 0 Å². The number of thioether (sulfide) groups is 1. The number of ether oxygens (including phenoxy) is 1. The third-order valence-electron chi connectivity index (χ3n) is 3.77. The highest BCUT2D eigenvalue weighted by Gasteiger charge is 2.37. The molecule has 1 aromatic rings. The minimum absolute atomic E-state index is 0.248. The predicted molar refractivity (Wildman–Crippen MR) is 96.5 cm³/mol. The van der Waals surface area contributed by atoms with E-state index < -0.39 is 11.1 Å². The second-order valence-corrected chi connectivity index (χ2v) is 7.24. The lowest BCUT2D eigenvalue weighted by Gasteiger charge is -2.28. The topological polar surface area (TPSA) is 66.9 Å². The zero-order valence-corrected chi connectivity index (χ0v) is 15.4. The van der Waals surface area contributed by atoms with E-state index in [0.29, 0.717) is 41.9 Å². The Kier molecular flexibility index (Phi) is 5.68. The largest absolute Gasteiger partial charge is 0.378 e. The molecule has 25 heavy (non-hydrogen) atoms. The summed E-state index contributed by atoms with van der Waals surface area (Å²) in [4.78, 5) is 39.6. The van der Waals surface area contributed by atoms with Crippen LogP contribution in [-0.2, 0) is 14.3 Å². The number of carbonyl (C=O) groups excluding carboxylic acids is 3. The first-order valence-electron chi connectivity index (χ1n) is 7.51. The van der Waals surface area contributed by atoms with Crippen molar-refractivity contribution in [2.45, 2.75) is 0 Å². The number of hydrogen-bond acceptors (Lipinski definition) is 5. The van der Waals surface area contributed by atoms with E-state index in [-0.39, 0.29) is 17.4 Å². The van der Waals surface area contributed by atoms with Gasteiger partial charge in [-0.05, 0) is 35.5 Å². The van der Waals surface area contributed by atoms with Crippen LogP contribution in [0.15, 0.2) is 23.1 Å². The van der Waals surface area contributed by atoms with Gasteiger partial charge in [0.25, 0.3) is 11.1 Å². The van der Waals surface area contributed by atoms with Crippen molar-refractivity contribution in [1.82, 2.24) is 9.80 Å². The summed E-state index contributed by atoms with van der Waals surface area (Å²) in [7, 11) is 0. The number of amides is 3. The maximum Gasteiger partial charge on any atom is 0.294 e. The quantitative estimate of drug-likeness (QED) is 0.729. The van der Waals surface area contributed by atoms with Crippen LogP contribution in [0.1, 0.15) is 5.56 Å². The van der Waals surface area contributed by atoms with Gasteiger partial charge in [0.15, 0.2) is 0 Å². The maximum absolute atomic E-state index is 12.5. The van der Waals surface area contributed by atoms with Gasteiger partial charge in [-0.15, -0.1) is 0 Å². The Morgan fingerprint density at radius 3 is 2.60 bits per heavy atom. The first kappa shape index (κ1) is 18.3. The molecule has 0 N–H and O–H groups in total. The summed E-state index contributed by atoms with van der Waals surface area (Å²) in [6.45, 7) is 1.60. The monoisotopic (exact) mass is 400 g/mol. The van der Waals surface area contributed by atoms with Gasteiger partial charge in [-0.25, -0.2) is 0 Å². The molecular formula is C16H14Cl2N2O4S. The van der Waals surface area contributed by atoms with Gasteiger partial charge >= 0.3 is 0 Å². The zero-order valence-electron chi connectivity index (χ0n) is 13.0. The molecular weight excluding hydrogens is 387 g/mol. The van der Waals surface area contributed by atoms with E-state index in [9.17, 15) is 14.4 Å². The van der Waals surface area contributed by atoms with Crippen LogP contribution in [0.3, 0.4) is 0 Å². The van der Waals surface area contributed by atoms with Crippen LogP contribution in [0, 0.1) is 0 Å². The van der Waals surface area contributed by atoms with Crippen molar-refractivity contribution < 1.29 is 19.1 Å². The molecule has 132 valence electrons. The molecule has 2 aliphatic rings. The molecule has 0 unspecified atom stereocenters. The van der Waals surface area contributed by atoms with Crippen LogP contribution in [0.4, 0.5) is 4.79 Å². The van der Waals surface area contributed by atoms with E-state index in [0.717, 1.165) is 16.7 Å². The van der Waals surface area contributed by atoms with Crippen LogP contribution >= 0.6 is 35.0 Å². The van der Waals surface area contributed by atoms with E-state index in [1.54, 1.807) is 29.2 Å². The van der Waals surface area contributed by atoms with Crippen molar-refractivity contribution in [2.75, 3.05) is 32.8 Å². The summed E-state index contributed by atoms with van der Waals surface area (Å²) in [5.74, 6) is -0.746. The molecule has 1 aromatic carbocycles. The fraction of sp³-hybridized carbons (Fsp3) is 0.312. The number of morpholine rings is 1. The molecule has 2 aliphatic heterocycles. The minimum Gasteiger partial charge on any atom is -0.378 e. The Morgan fingerprint density at radius 1 is 1.20 bits per heavy atom. The molecule has 3 amide bonds. The fourth-order valence-corrected chi connectivity index (χ4v) is 3.58. The van der Waals surface area contributed by atoms with Crippen molar-refractivity contribution in [3.05, 3.63) is 38.7 Å². The highest BCUT2D eigenvalue weighted by Crippen LogP contribution is 2.33. The smallest absolute Gasteiger partial charge is 0.294 e. The first-order valence-corrected chi connectivity index (χ1v) is 9.09. The number of rotatable bonds is 3. The standard InChI is InChI=1S/C16H14Cl2N2O4S/c17-11-2-1-10(7-12(11)18)8-13-15(22)20(16(23)25-13)9-14(21)19-3-5-24-6-4-19/h1-2,7-8H,3-6,9H2/b13-8+. The molecule has 6 nitrogen and oxygen atoms in total. The molecule has 9 heteroatoms. The molecule has 3 rings (SSSR count). The second kappa shape index (κ2) is 7.78. The Labute approximate surface area is 158 Å². The maximum atomic E-state index is 12.5. The highest BCUT2D eigenvalue weighted by molar-refractivity contribution is 8.18. The van der Waals surface area contributed by atoms with Gasteiger partial charge in [0.2, 0.25) is 5.91 Å². The Bertz CT molecular complexity index is 763. The molecule has 2 saturated heterocycles. The number of imide groups is 1. The Balaban J connectivity index is 1.72. The summed E-state index contributed by atoms with van der Waals surface area (Å²) in [5, 5.41) is 0.304. The predicted octanol–water partition coefficient (Wildman–Crippen LogP) is 2.89. The summed E-state index contributed by atoms with van der Waals surface area (Å²) < 4.78 is 5.19. The highest BCUT2D eigenvalue weighted by atomic mass is 35.5. The van der Waals surface area contributed by atoms with Crippen LogP contribution in [0.5, 0.6) is 0 Å². The molecule has 0 radical (unpaired) electrons. The molecule has 0 aromatic heterocycles. The van der Waals surface area contributed by atoms with Crippen LogP contribution in [-0.4, -0.2) is 59.7 Å². The lowest BCUT2D eigenvalue weighted by Crippen LogP contribution is -2.46. The van der Waals surface area contributed by atoms with Crippen LogP contribution < -0.4 is 0 Å². The zero-order chi connectivity index (χ0) is 18.0. The molecule has 0 saturated carbocycles. The van der Waals surface area contributed by atoms with Crippen molar-refractivity contribution in [1.29, 1.82) is 0 Å². The minimum atomic E-state index is -0.484.